The van der Waals surface area contributed by atoms with Crippen molar-refractivity contribution in [2.75, 3.05) is 5.32 Å². The molecule has 0 atom stereocenters. The highest BCUT2D eigenvalue weighted by molar-refractivity contribution is 5.53. The molecule has 0 bridgehead atoms. The van der Waals surface area contributed by atoms with Crippen LogP contribution >= 0.6 is 0 Å². The Morgan fingerprint density at radius 3 is 2.44 bits per heavy atom. The van der Waals surface area contributed by atoms with Crippen molar-refractivity contribution < 1.29 is 13.2 Å². The molecule has 0 saturated heterocycles. The van der Waals surface area contributed by atoms with Crippen molar-refractivity contribution in [1.82, 2.24) is 9.78 Å². The maximum absolute atomic E-state index is 13.1. The van der Waals surface area contributed by atoms with Crippen LogP contribution in [0.25, 0.3) is 5.69 Å². The van der Waals surface area contributed by atoms with Crippen molar-refractivity contribution in [1.29, 1.82) is 5.26 Å². The zero-order valence-corrected chi connectivity index (χ0v) is 14.8. The Kier molecular flexibility index (Phi) is 4.91. The Bertz CT molecular complexity index is 999. The lowest BCUT2D eigenvalue weighted by molar-refractivity contribution is -0.137. The second-order valence-corrected chi connectivity index (χ2v) is 6.12. The highest BCUT2D eigenvalue weighted by Gasteiger charge is 2.33. The van der Waals surface area contributed by atoms with Crippen LogP contribution in [-0.2, 0) is 12.7 Å². The van der Waals surface area contributed by atoms with E-state index < -0.39 is 17.3 Å². The number of nitrogens with one attached hydrogen (secondary N) is 1. The predicted molar refractivity (Wildman–Crippen MR) is 96.5 cm³/mol. The molecule has 0 aliphatic rings. The molecule has 0 aliphatic carbocycles. The van der Waals surface area contributed by atoms with Crippen LogP contribution in [0.4, 0.5) is 18.9 Å². The first-order chi connectivity index (χ1) is 12.8. The predicted octanol–water partition coefficient (Wildman–Crippen LogP) is 4.99. The molecular formula is C20H17F3N4. The van der Waals surface area contributed by atoms with Crippen LogP contribution < -0.4 is 5.32 Å². The highest BCUT2D eigenvalue weighted by atomic mass is 19.4. The van der Waals surface area contributed by atoms with Gasteiger partial charge in [-0.05, 0) is 44.2 Å². The summed E-state index contributed by atoms with van der Waals surface area (Å²) < 4.78 is 41.1. The first kappa shape index (κ1) is 18.5. The quantitative estimate of drug-likeness (QED) is 0.704. The van der Waals surface area contributed by atoms with Crippen LogP contribution in [0.5, 0.6) is 0 Å². The van der Waals surface area contributed by atoms with E-state index in [4.69, 9.17) is 5.26 Å². The summed E-state index contributed by atoms with van der Waals surface area (Å²) in [4.78, 5) is 0. The molecule has 0 unspecified atom stereocenters. The smallest absolute Gasteiger partial charge is 0.381 e. The lowest BCUT2D eigenvalue weighted by Crippen LogP contribution is -2.09. The van der Waals surface area contributed by atoms with E-state index in [1.165, 1.54) is 12.1 Å². The van der Waals surface area contributed by atoms with E-state index in [1.54, 1.807) is 6.07 Å². The summed E-state index contributed by atoms with van der Waals surface area (Å²) in [6.45, 7) is 4.11. The number of rotatable bonds is 4. The van der Waals surface area contributed by atoms with E-state index in [2.05, 4.69) is 10.4 Å². The van der Waals surface area contributed by atoms with Gasteiger partial charge in [0, 0.05) is 23.5 Å². The summed E-state index contributed by atoms with van der Waals surface area (Å²) in [5.41, 5.74) is 2.51. The Balaban J connectivity index is 1.86. The maximum Gasteiger partial charge on any atom is 0.417 e. The number of nitrogens with zero attached hydrogens (tertiary/aromatic N) is 3. The molecule has 138 valence electrons. The molecule has 0 fully saturated rings. The molecule has 7 heteroatoms. The van der Waals surface area contributed by atoms with Crippen LogP contribution in [-0.4, -0.2) is 9.78 Å². The molecule has 0 spiro atoms. The third-order valence-electron chi connectivity index (χ3n) is 4.36. The van der Waals surface area contributed by atoms with Crippen molar-refractivity contribution >= 4 is 5.69 Å². The van der Waals surface area contributed by atoms with Crippen LogP contribution in [0.15, 0.2) is 48.5 Å². The van der Waals surface area contributed by atoms with Gasteiger partial charge >= 0.3 is 6.18 Å². The summed E-state index contributed by atoms with van der Waals surface area (Å²) in [6, 6.07) is 14.8. The molecule has 27 heavy (non-hydrogen) atoms. The molecule has 0 aliphatic heterocycles. The fraction of sp³-hybridized carbons (Fsp3) is 0.200. The molecule has 2 aromatic carbocycles. The minimum Gasteiger partial charge on any atom is -0.381 e. The third-order valence-corrected chi connectivity index (χ3v) is 4.36. The van der Waals surface area contributed by atoms with Gasteiger partial charge in [0.25, 0.3) is 0 Å². The second-order valence-electron chi connectivity index (χ2n) is 6.12. The van der Waals surface area contributed by atoms with Crippen molar-refractivity contribution in [3.63, 3.8) is 0 Å². The number of nitriles is 1. The molecule has 3 aromatic rings. The summed E-state index contributed by atoms with van der Waals surface area (Å²) >= 11 is 0. The molecule has 0 amide bonds. The number of para-hydroxylation sites is 1. The molecule has 1 aromatic heterocycles. The Morgan fingerprint density at radius 1 is 1.11 bits per heavy atom. The van der Waals surface area contributed by atoms with Gasteiger partial charge in [0.2, 0.25) is 0 Å². The van der Waals surface area contributed by atoms with Crippen molar-refractivity contribution in [2.24, 2.45) is 0 Å². The van der Waals surface area contributed by atoms with Gasteiger partial charge in [-0.25, -0.2) is 4.68 Å². The van der Waals surface area contributed by atoms with E-state index in [-0.39, 0.29) is 0 Å². The summed E-state index contributed by atoms with van der Waals surface area (Å²) in [6.07, 6.45) is -4.58. The number of alkyl halides is 3. The van der Waals surface area contributed by atoms with Crippen molar-refractivity contribution in [2.45, 2.75) is 26.6 Å². The number of hydrogen-bond acceptors (Lipinski definition) is 3. The second kappa shape index (κ2) is 7.16. The number of benzene rings is 2. The van der Waals surface area contributed by atoms with E-state index in [0.717, 1.165) is 28.7 Å². The normalized spacial score (nSPS) is 11.3. The minimum absolute atomic E-state index is 0.299. The van der Waals surface area contributed by atoms with Crippen LogP contribution in [0, 0.1) is 25.2 Å². The number of anilines is 1. The van der Waals surface area contributed by atoms with Gasteiger partial charge < -0.3 is 5.32 Å². The Labute approximate surface area is 154 Å². The molecule has 0 radical (unpaired) electrons. The van der Waals surface area contributed by atoms with E-state index in [0.29, 0.717) is 12.2 Å². The molecule has 0 saturated carbocycles. The van der Waals surface area contributed by atoms with Crippen molar-refractivity contribution in [3.05, 3.63) is 76.6 Å². The molecule has 1 N–H and O–H groups in total. The average Bonchev–Trinajstić information content (AvgIpc) is 2.93. The molecule has 3 rings (SSSR count). The number of hydrogen-bond donors (Lipinski definition) is 1. The van der Waals surface area contributed by atoms with Gasteiger partial charge in [0.15, 0.2) is 0 Å². The van der Waals surface area contributed by atoms with Crippen LogP contribution in [0.2, 0.25) is 0 Å². The van der Waals surface area contributed by atoms with Gasteiger partial charge in [-0.3, -0.25) is 0 Å². The average molecular weight is 370 g/mol. The van der Waals surface area contributed by atoms with Gasteiger partial charge in [0.1, 0.15) is 0 Å². The summed E-state index contributed by atoms with van der Waals surface area (Å²) in [5, 5.41) is 16.4. The summed E-state index contributed by atoms with van der Waals surface area (Å²) in [7, 11) is 0. The maximum atomic E-state index is 13.1. The highest BCUT2D eigenvalue weighted by Crippen LogP contribution is 2.33. The van der Waals surface area contributed by atoms with Gasteiger partial charge in [-0.2, -0.15) is 23.5 Å². The standard InChI is InChI=1S/C20H17F3N4/c1-13-18(14(2)27(26-13)17-6-4-3-5-7-17)12-25-16-9-8-15(11-24)19(10-16)20(21,22)23/h3-10,25H,12H2,1-2H3. The number of aryl methyl sites for hydroxylation is 1. The third kappa shape index (κ3) is 3.80. The number of aromatic nitrogens is 2. The van der Waals surface area contributed by atoms with Gasteiger partial charge in [-0.15, -0.1) is 0 Å². The number of halogens is 3. The topological polar surface area (TPSA) is 53.6 Å². The van der Waals surface area contributed by atoms with E-state index >= 15 is 0 Å². The Hall–Kier alpha value is -3.27. The van der Waals surface area contributed by atoms with E-state index in [1.807, 2.05) is 48.9 Å². The minimum atomic E-state index is -4.58. The lowest BCUT2D eigenvalue weighted by Gasteiger charge is -2.12. The molecule has 4 nitrogen and oxygen atoms in total. The fourth-order valence-electron chi connectivity index (χ4n) is 2.93. The monoisotopic (exact) mass is 370 g/mol. The van der Waals surface area contributed by atoms with Crippen LogP contribution in [0.3, 0.4) is 0 Å². The van der Waals surface area contributed by atoms with Gasteiger partial charge in [0.05, 0.1) is 28.6 Å². The fourth-order valence-corrected chi connectivity index (χ4v) is 2.93. The zero-order chi connectivity index (χ0) is 19.6. The van der Waals surface area contributed by atoms with Crippen LogP contribution in [0.1, 0.15) is 28.1 Å². The first-order valence-corrected chi connectivity index (χ1v) is 8.27. The zero-order valence-electron chi connectivity index (χ0n) is 14.8. The SMILES string of the molecule is Cc1nn(-c2ccccc2)c(C)c1CNc1ccc(C#N)c(C(F)(F)F)c1. The molecule has 1 heterocycles. The first-order valence-electron chi connectivity index (χ1n) is 8.27. The Morgan fingerprint density at radius 2 is 1.81 bits per heavy atom. The largest absolute Gasteiger partial charge is 0.417 e. The summed E-state index contributed by atoms with van der Waals surface area (Å²) in [5.74, 6) is 0. The lowest BCUT2D eigenvalue weighted by atomic mass is 10.1. The van der Waals surface area contributed by atoms with E-state index in [9.17, 15) is 13.2 Å². The van der Waals surface area contributed by atoms with Crippen molar-refractivity contribution in [3.8, 4) is 11.8 Å². The molecular weight excluding hydrogens is 353 g/mol. The van der Waals surface area contributed by atoms with Gasteiger partial charge in [-0.1, -0.05) is 18.2 Å².